The van der Waals surface area contributed by atoms with E-state index in [1.807, 2.05) is 10.8 Å². The quantitative estimate of drug-likeness (QED) is 0.539. The van der Waals surface area contributed by atoms with Gasteiger partial charge in [0.15, 0.2) is 0 Å². The lowest BCUT2D eigenvalue weighted by Crippen LogP contribution is -1.94. The molecule has 0 bridgehead atoms. The van der Waals surface area contributed by atoms with Gasteiger partial charge in [-0.25, -0.2) is 0 Å². The minimum absolute atomic E-state index is 0.220. The van der Waals surface area contributed by atoms with Crippen LogP contribution in [-0.2, 0) is 0 Å². The normalized spacial score (nSPS) is 23.3. The summed E-state index contributed by atoms with van der Waals surface area (Å²) >= 11 is 0. The zero-order valence-corrected chi connectivity index (χ0v) is 10.0. The monoisotopic (exact) mass is 233 g/mol. The first-order valence-electron chi connectivity index (χ1n) is 4.82. The van der Waals surface area contributed by atoms with Gasteiger partial charge in [0.05, 0.1) is 0 Å². The fourth-order valence-electron chi connectivity index (χ4n) is 1.64. The molecule has 0 amide bonds. The minimum atomic E-state index is 0.220. The second-order valence-corrected chi connectivity index (χ2v) is 7.07. The summed E-state index contributed by atoms with van der Waals surface area (Å²) in [5.41, 5.74) is 1.33. The molecule has 0 spiro atoms. The molecule has 2 aliphatic heterocycles. The van der Waals surface area contributed by atoms with Gasteiger partial charge in [0, 0.05) is 23.0 Å². The third-order valence-electron chi connectivity index (χ3n) is 2.41. The zero-order chi connectivity index (χ0) is 10.3. The molecule has 3 rings (SSSR count). The Bertz CT molecular complexity index is 486. The molecule has 1 aromatic carbocycles. The maximum atomic E-state index is 2.31. The molecule has 0 saturated heterocycles. The third-order valence-corrected chi connectivity index (χ3v) is 6.70. The van der Waals surface area contributed by atoms with E-state index < -0.39 is 0 Å². The van der Waals surface area contributed by atoms with Crippen molar-refractivity contribution in [1.29, 1.82) is 0 Å². The summed E-state index contributed by atoms with van der Waals surface area (Å²) in [5.74, 6) is 0. The van der Waals surface area contributed by atoms with Gasteiger partial charge in [0.1, 0.15) is 0 Å². The molecule has 76 valence electrons. The summed E-state index contributed by atoms with van der Waals surface area (Å²) in [6, 6.07) is 10.6. The van der Waals surface area contributed by atoms with E-state index >= 15 is 0 Å². The molecule has 0 fully saturated rings. The fourth-order valence-corrected chi connectivity index (χ4v) is 5.45. The van der Waals surface area contributed by atoms with E-state index in [0.717, 1.165) is 0 Å². The Morgan fingerprint density at radius 2 is 2.00 bits per heavy atom. The van der Waals surface area contributed by atoms with E-state index in [4.69, 9.17) is 0 Å². The van der Waals surface area contributed by atoms with Gasteiger partial charge in [0.2, 0.25) is 0 Å². The maximum Gasteiger partial charge on any atom is 0.0304 e. The summed E-state index contributed by atoms with van der Waals surface area (Å²) in [4.78, 5) is 2.84. The number of hydrogen-bond acceptors (Lipinski definition) is 2. The molecule has 1 unspecified atom stereocenters. The smallest absolute Gasteiger partial charge is 0.0304 e. The molecular weight excluding hydrogens is 222 g/mol. The third kappa shape index (κ3) is 1.56. The standard InChI is InChI=1S/C12H11NS2/c1-13-8-7-11-9-12(14-15(11)13)10-5-3-2-4-6-10/h2-9H,1H3. The highest BCUT2D eigenvalue weighted by Gasteiger charge is 2.21. The van der Waals surface area contributed by atoms with Crippen LogP contribution in [0.15, 0.2) is 48.7 Å². The number of nitrogens with zero attached hydrogens (tertiary/aromatic N) is 1. The van der Waals surface area contributed by atoms with Crippen LogP contribution < -0.4 is 0 Å². The summed E-state index contributed by atoms with van der Waals surface area (Å²) in [5, 5.41) is 0. The highest BCUT2D eigenvalue weighted by atomic mass is 33.1. The number of hydrogen-bond donors (Lipinski definition) is 0. The second-order valence-electron chi connectivity index (χ2n) is 3.47. The highest BCUT2D eigenvalue weighted by Crippen LogP contribution is 2.52. The highest BCUT2D eigenvalue weighted by molar-refractivity contribution is 8.86. The van der Waals surface area contributed by atoms with Crippen LogP contribution in [-0.4, -0.2) is 16.2 Å². The molecule has 1 nitrogen and oxygen atoms in total. The lowest BCUT2D eigenvalue weighted by Gasteiger charge is -2.13. The van der Waals surface area contributed by atoms with Crippen molar-refractivity contribution in [2.45, 2.75) is 0 Å². The Morgan fingerprint density at radius 3 is 2.73 bits per heavy atom. The first-order chi connectivity index (χ1) is 7.34. The van der Waals surface area contributed by atoms with E-state index in [1.165, 1.54) is 15.3 Å². The minimum Gasteiger partial charge on any atom is -0.323 e. The van der Waals surface area contributed by atoms with Crippen molar-refractivity contribution >= 4 is 30.3 Å². The van der Waals surface area contributed by atoms with Gasteiger partial charge in [-0.1, -0.05) is 30.3 Å². The van der Waals surface area contributed by atoms with Gasteiger partial charge >= 0.3 is 0 Å². The molecule has 0 radical (unpaired) electrons. The van der Waals surface area contributed by atoms with Crippen molar-refractivity contribution in [3.8, 4) is 0 Å². The molecule has 0 N–H and O–H groups in total. The van der Waals surface area contributed by atoms with E-state index in [2.05, 4.69) is 60.0 Å². The van der Waals surface area contributed by atoms with Crippen molar-refractivity contribution in [2.75, 3.05) is 7.05 Å². The van der Waals surface area contributed by atoms with E-state index in [1.54, 1.807) is 0 Å². The van der Waals surface area contributed by atoms with Gasteiger partial charge in [-0.3, -0.25) is 0 Å². The molecule has 0 aromatic heterocycles. The molecule has 15 heavy (non-hydrogen) atoms. The molecule has 1 aromatic rings. The van der Waals surface area contributed by atoms with Gasteiger partial charge < -0.3 is 4.31 Å². The Labute approximate surface area is 95.9 Å². The van der Waals surface area contributed by atoms with E-state index in [9.17, 15) is 0 Å². The Kier molecular flexibility index (Phi) is 2.22. The number of benzene rings is 1. The van der Waals surface area contributed by atoms with Gasteiger partial charge in [-0.05, 0) is 38.2 Å². The zero-order valence-electron chi connectivity index (χ0n) is 8.38. The topological polar surface area (TPSA) is 3.24 Å². The maximum absolute atomic E-state index is 2.31. The van der Waals surface area contributed by atoms with Crippen LogP contribution in [0.4, 0.5) is 0 Å². The molecular formula is C12H11NS2. The Hall–Kier alpha value is -0.930. The van der Waals surface area contributed by atoms with Gasteiger partial charge in [-0.15, -0.1) is 0 Å². The Balaban J connectivity index is 1.93. The van der Waals surface area contributed by atoms with Crippen molar-refractivity contribution in [3.63, 3.8) is 0 Å². The number of rotatable bonds is 1. The van der Waals surface area contributed by atoms with Crippen molar-refractivity contribution in [1.82, 2.24) is 4.31 Å². The molecule has 2 heterocycles. The summed E-state index contributed by atoms with van der Waals surface area (Å²) in [6.07, 6.45) is 6.68. The second kappa shape index (κ2) is 3.58. The summed E-state index contributed by atoms with van der Waals surface area (Å²) < 4.78 is 2.28. The molecule has 3 heteroatoms. The fraction of sp³-hybridized carbons (Fsp3) is 0.0833. The summed E-state index contributed by atoms with van der Waals surface area (Å²) in [6.45, 7) is 0. The van der Waals surface area contributed by atoms with Crippen LogP contribution in [0.1, 0.15) is 5.56 Å². The van der Waals surface area contributed by atoms with Crippen LogP contribution in [0.5, 0.6) is 0 Å². The molecule has 0 saturated carbocycles. The number of allylic oxidation sites excluding steroid dienone is 2. The predicted molar refractivity (Wildman–Crippen MR) is 71.5 cm³/mol. The van der Waals surface area contributed by atoms with Crippen molar-refractivity contribution in [3.05, 3.63) is 54.2 Å². The van der Waals surface area contributed by atoms with Gasteiger partial charge in [-0.2, -0.15) is 0 Å². The van der Waals surface area contributed by atoms with Gasteiger partial charge in [0.25, 0.3) is 0 Å². The lowest BCUT2D eigenvalue weighted by atomic mass is 10.2. The predicted octanol–water partition coefficient (Wildman–Crippen LogP) is 3.50. The van der Waals surface area contributed by atoms with Crippen LogP contribution >= 0.6 is 20.5 Å². The SMILES string of the molecule is CN1C=CC2=S1SC(c1ccccc1)=C2. The first kappa shape index (κ1) is 9.31. The average molecular weight is 233 g/mol. The molecule has 2 aliphatic rings. The largest absolute Gasteiger partial charge is 0.323 e. The summed E-state index contributed by atoms with van der Waals surface area (Å²) in [7, 11) is 4.32. The van der Waals surface area contributed by atoms with E-state index in [0.29, 0.717) is 0 Å². The van der Waals surface area contributed by atoms with Crippen LogP contribution in [0.2, 0.25) is 0 Å². The average Bonchev–Trinajstić information content (AvgIpc) is 2.83. The van der Waals surface area contributed by atoms with Crippen LogP contribution in [0, 0.1) is 0 Å². The van der Waals surface area contributed by atoms with E-state index in [-0.39, 0.29) is 9.70 Å². The van der Waals surface area contributed by atoms with Crippen molar-refractivity contribution in [2.24, 2.45) is 0 Å². The first-order valence-corrected chi connectivity index (χ1v) is 7.34. The molecule has 1 atom stereocenters. The Morgan fingerprint density at radius 1 is 1.20 bits per heavy atom. The van der Waals surface area contributed by atoms with Crippen LogP contribution in [0.3, 0.4) is 0 Å². The molecule has 0 aliphatic carbocycles. The lowest BCUT2D eigenvalue weighted by molar-refractivity contribution is 0.787. The van der Waals surface area contributed by atoms with Crippen molar-refractivity contribution < 1.29 is 0 Å². The van der Waals surface area contributed by atoms with Crippen LogP contribution in [0.25, 0.3) is 4.91 Å².